The third kappa shape index (κ3) is 16.0. The Kier molecular flexibility index (Phi) is 13.2. The van der Waals surface area contributed by atoms with E-state index in [1.54, 1.807) is 70.0 Å². The number of amides is 2. The smallest absolute Gasteiger partial charge is 0.413 e. The molecule has 0 unspecified atom stereocenters. The summed E-state index contributed by atoms with van der Waals surface area (Å²) in [4.78, 5) is 34.5. The van der Waals surface area contributed by atoms with Crippen molar-refractivity contribution in [2.24, 2.45) is 7.05 Å². The summed E-state index contributed by atoms with van der Waals surface area (Å²) in [7, 11) is 1.93. The van der Waals surface area contributed by atoms with Crippen LogP contribution < -0.4 is 10.6 Å². The van der Waals surface area contributed by atoms with E-state index in [0.717, 1.165) is 13.5 Å². The zero-order chi connectivity index (χ0) is 28.2. The average molecular weight is 707 g/mol. The molecule has 202 valence electrons. The van der Waals surface area contributed by atoms with Crippen molar-refractivity contribution in [1.82, 2.24) is 19.5 Å². The third-order valence-corrected chi connectivity index (χ3v) is 5.19. The van der Waals surface area contributed by atoms with Crippen LogP contribution in [0.4, 0.5) is 21.2 Å². The van der Waals surface area contributed by atoms with Gasteiger partial charge in [-0.15, -0.1) is 0 Å². The molecule has 0 bridgehead atoms. The highest BCUT2D eigenvalue weighted by Gasteiger charge is 2.17. The van der Waals surface area contributed by atoms with Crippen molar-refractivity contribution in [2.75, 3.05) is 10.6 Å². The van der Waals surface area contributed by atoms with Gasteiger partial charge in [0.25, 0.3) is 0 Å². The van der Waals surface area contributed by atoms with Crippen molar-refractivity contribution >= 4 is 71.6 Å². The Labute approximate surface area is 242 Å². The lowest BCUT2D eigenvalue weighted by atomic mass is 10.2. The molecule has 13 heteroatoms. The second kappa shape index (κ2) is 15.0. The minimum atomic E-state index is -0.506. The number of ether oxygens (including phenoxy) is 2. The Morgan fingerprint density at radius 3 is 1.76 bits per heavy atom. The Morgan fingerprint density at radius 2 is 1.38 bits per heavy atom. The van der Waals surface area contributed by atoms with Gasteiger partial charge >= 0.3 is 12.2 Å². The summed E-state index contributed by atoms with van der Waals surface area (Å²) in [6.45, 7) is 10.8. The molecular formula is C24H31Br3N6O4. The lowest BCUT2D eigenvalue weighted by Gasteiger charge is -2.19. The number of carbonyl (C=O) groups is 2. The molecule has 10 nitrogen and oxygen atoms in total. The lowest BCUT2D eigenvalue weighted by Crippen LogP contribution is -2.27. The molecule has 2 amide bonds. The van der Waals surface area contributed by atoms with E-state index < -0.39 is 23.4 Å². The number of nitrogens with zero attached hydrogens (tertiary/aromatic N) is 4. The van der Waals surface area contributed by atoms with Gasteiger partial charge in [0.15, 0.2) is 0 Å². The van der Waals surface area contributed by atoms with Gasteiger partial charge in [-0.25, -0.2) is 24.5 Å². The number of rotatable bonds is 2. The largest absolute Gasteiger partial charge is 0.444 e. The number of carbonyl (C=O) groups excluding carboxylic acids is 2. The highest BCUT2D eigenvalue weighted by atomic mass is 79.9. The van der Waals surface area contributed by atoms with Crippen LogP contribution in [0.5, 0.6) is 0 Å². The van der Waals surface area contributed by atoms with Crippen LogP contribution >= 0.6 is 47.8 Å². The zero-order valence-corrected chi connectivity index (χ0v) is 26.4. The van der Waals surface area contributed by atoms with Gasteiger partial charge in [0.2, 0.25) is 0 Å². The molecule has 3 heterocycles. The molecule has 0 aromatic carbocycles. The number of aromatic nitrogens is 4. The van der Waals surface area contributed by atoms with Gasteiger partial charge in [-0.2, -0.15) is 0 Å². The first-order valence-corrected chi connectivity index (χ1v) is 13.3. The maximum Gasteiger partial charge on any atom is 0.413 e. The molecule has 0 saturated carbocycles. The van der Waals surface area contributed by atoms with Crippen molar-refractivity contribution < 1.29 is 19.1 Å². The van der Waals surface area contributed by atoms with Gasteiger partial charge in [0.1, 0.15) is 27.4 Å². The molecule has 2 N–H and O–H groups in total. The van der Waals surface area contributed by atoms with Crippen LogP contribution in [0.1, 0.15) is 41.5 Å². The molecular weight excluding hydrogens is 676 g/mol. The van der Waals surface area contributed by atoms with Crippen LogP contribution in [0.25, 0.3) is 0 Å². The second-order valence-corrected chi connectivity index (χ2v) is 11.9. The third-order valence-electron chi connectivity index (χ3n) is 3.47. The fourth-order valence-electron chi connectivity index (χ4n) is 2.08. The molecule has 3 aromatic heterocycles. The van der Waals surface area contributed by atoms with Crippen LogP contribution in [0, 0.1) is 0 Å². The summed E-state index contributed by atoms with van der Waals surface area (Å²) >= 11 is 9.80. The number of anilines is 2. The molecule has 0 fully saturated rings. The van der Waals surface area contributed by atoms with Crippen LogP contribution in [-0.2, 0) is 16.5 Å². The van der Waals surface area contributed by atoms with Crippen molar-refractivity contribution in [3.05, 3.63) is 62.7 Å². The van der Waals surface area contributed by atoms with Gasteiger partial charge in [0, 0.05) is 28.4 Å². The number of halogens is 3. The topological polar surface area (TPSA) is 120 Å². The fraction of sp³-hybridized carbons (Fsp3) is 0.375. The van der Waals surface area contributed by atoms with Gasteiger partial charge in [-0.3, -0.25) is 10.6 Å². The number of nitrogens with one attached hydrogen (secondary N) is 2. The molecule has 37 heavy (non-hydrogen) atoms. The van der Waals surface area contributed by atoms with Gasteiger partial charge in [-0.05, 0) is 97.7 Å². The number of aryl methyl sites for hydroxylation is 1. The average Bonchev–Trinajstić information content (AvgIpc) is 3.10. The van der Waals surface area contributed by atoms with Crippen LogP contribution in [0.2, 0.25) is 0 Å². The standard InChI is InChI=1S/2C10H13BrN2O2.C4H5BrN2/c1-10(2,3)15-9(14)13-8-6-7(11)4-5-12-8;1-10(2,3)15-9(14)13-8-5-4-7(11)6-12-8;1-7-3-6-2-4(7)5/h2*4-6H,1-3H3,(H,12,13,14);2-3H,1H3. The Morgan fingerprint density at radius 1 is 0.811 bits per heavy atom. The maximum absolute atomic E-state index is 11.4. The number of hydrogen-bond donors (Lipinski definition) is 2. The van der Waals surface area contributed by atoms with E-state index in [-0.39, 0.29) is 0 Å². The van der Waals surface area contributed by atoms with Crippen LogP contribution in [0.3, 0.4) is 0 Å². The van der Waals surface area contributed by atoms with Gasteiger partial charge in [0.05, 0.1) is 12.5 Å². The van der Waals surface area contributed by atoms with Crippen molar-refractivity contribution in [3.63, 3.8) is 0 Å². The van der Waals surface area contributed by atoms with Crippen molar-refractivity contribution in [3.8, 4) is 0 Å². The minimum Gasteiger partial charge on any atom is -0.444 e. The van der Waals surface area contributed by atoms with Crippen LogP contribution in [-0.4, -0.2) is 42.9 Å². The predicted octanol–water partition coefficient (Wildman–Crippen LogP) is 7.56. The number of imidazole rings is 1. The molecule has 3 aromatic rings. The molecule has 0 atom stereocenters. The molecule has 3 rings (SSSR count). The normalized spacial score (nSPS) is 10.6. The quantitative estimate of drug-likeness (QED) is 0.282. The molecule has 0 aliphatic heterocycles. The van der Waals surface area contributed by atoms with Gasteiger partial charge in [-0.1, -0.05) is 15.9 Å². The molecule has 0 spiro atoms. The summed E-state index contributed by atoms with van der Waals surface area (Å²) in [5, 5.41) is 5.07. The number of hydrogen-bond acceptors (Lipinski definition) is 7. The Bertz CT molecular complexity index is 1130. The highest BCUT2D eigenvalue weighted by Crippen LogP contribution is 2.15. The molecule has 0 aliphatic carbocycles. The molecule has 0 radical (unpaired) electrons. The monoisotopic (exact) mass is 704 g/mol. The lowest BCUT2D eigenvalue weighted by molar-refractivity contribution is 0.0624. The summed E-state index contributed by atoms with van der Waals surface area (Å²) in [5.41, 5.74) is -1.00. The van der Waals surface area contributed by atoms with Crippen molar-refractivity contribution in [2.45, 2.75) is 52.7 Å². The Hall–Kier alpha value is -2.51. The first kappa shape index (κ1) is 32.5. The Balaban J connectivity index is 0.000000295. The summed E-state index contributed by atoms with van der Waals surface area (Å²) in [5.74, 6) is 0.922. The summed E-state index contributed by atoms with van der Waals surface area (Å²) in [6, 6.07) is 6.96. The van der Waals surface area contributed by atoms with Crippen molar-refractivity contribution in [1.29, 1.82) is 0 Å². The van der Waals surface area contributed by atoms with E-state index in [1.807, 2.05) is 32.4 Å². The first-order chi connectivity index (χ1) is 17.0. The van der Waals surface area contributed by atoms with Gasteiger partial charge < -0.3 is 14.0 Å². The molecule has 0 aliphatic rings. The minimum absolute atomic E-state index is 0.457. The van der Waals surface area contributed by atoms with E-state index >= 15 is 0 Å². The second-order valence-electron chi connectivity index (χ2n) is 9.30. The number of pyridine rings is 2. The maximum atomic E-state index is 11.4. The SMILES string of the molecule is CC(C)(C)OC(=O)Nc1cc(Br)ccn1.CC(C)(C)OC(=O)Nc1ccc(Br)cn1.Cn1cncc1Br. The van der Waals surface area contributed by atoms with E-state index in [4.69, 9.17) is 9.47 Å². The highest BCUT2D eigenvalue weighted by molar-refractivity contribution is 9.11. The van der Waals surface area contributed by atoms with E-state index in [9.17, 15) is 9.59 Å². The van der Waals surface area contributed by atoms with E-state index in [2.05, 4.69) is 73.4 Å². The molecule has 0 saturated heterocycles. The van der Waals surface area contributed by atoms with Crippen LogP contribution in [0.15, 0.2) is 62.7 Å². The van der Waals surface area contributed by atoms with E-state index in [0.29, 0.717) is 11.6 Å². The summed E-state index contributed by atoms with van der Waals surface area (Å²) < 4.78 is 14.8. The predicted molar refractivity (Wildman–Crippen MR) is 154 cm³/mol. The summed E-state index contributed by atoms with van der Waals surface area (Å²) in [6.07, 6.45) is 5.68. The fourth-order valence-corrected chi connectivity index (χ4v) is 2.86. The first-order valence-electron chi connectivity index (χ1n) is 10.9. The van der Waals surface area contributed by atoms with E-state index in [1.165, 1.54) is 0 Å². The zero-order valence-electron chi connectivity index (χ0n) is 21.7.